The van der Waals surface area contributed by atoms with Gasteiger partial charge in [-0.3, -0.25) is 0 Å². The molecule has 13 heavy (non-hydrogen) atoms. The molecule has 2 nitrogen and oxygen atoms in total. The Morgan fingerprint density at radius 3 is 2.85 bits per heavy atom. The molecule has 1 saturated carbocycles. The Kier molecular flexibility index (Phi) is 4.36. The van der Waals surface area contributed by atoms with Crippen molar-refractivity contribution in [1.82, 2.24) is 5.32 Å². The fourth-order valence-electron chi connectivity index (χ4n) is 1.80. The van der Waals surface area contributed by atoms with Crippen LogP contribution < -0.4 is 5.32 Å². The molecule has 0 aromatic carbocycles. The average molecular weight is 176 g/mol. The summed E-state index contributed by atoms with van der Waals surface area (Å²) in [5.74, 6) is 6.02. The second kappa shape index (κ2) is 5.62. The topological polar surface area (TPSA) is 35.8 Å². The molecule has 2 heteroatoms. The van der Waals surface area contributed by atoms with Crippen molar-refractivity contribution in [2.24, 2.45) is 5.92 Å². The van der Waals surface area contributed by atoms with Crippen LogP contribution in [0.1, 0.15) is 32.6 Å². The summed E-state index contributed by atoms with van der Waals surface area (Å²) in [4.78, 5) is 0. The maximum atomic E-state index is 8.89. The quantitative estimate of drug-likeness (QED) is 0.650. The van der Waals surface area contributed by atoms with E-state index in [9.17, 15) is 0 Å². The van der Waals surface area contributed by atoms with E-state index in [1.807, 2.05) is 6.92 Å². The first-order valence-corrected chi connectivity index (χ1v) is 4.91. The molecule has 1 fully saturated rings. The van der Waals surface area contributed by atoms with Gasteiger partial charge in [0.05, 0.1) is 18.5 Å². The number of nitrogens with one attached hydrogen (secondary N) is 1. The van der Waals surface area contributed by atoms with E-state index in [-0.39, 0.29) is 5.92 Å². The first-order valence-electron chi connectivity index (χ1n) is 4.91. The van der Waals surface area contributed by atoms with Crippen LogP contribution in [0.5, 0.6) is 0 Å². The monoisotopic (exact) mass is 176 g/mol. The summed E-state index contributed by atoms with van der Waals surface area (Å²) in [6, 6.07) is 2.74. The molecule has 70 valence electrons. The maximum absolute atomic E-state index is 8.89. The Bertz CT molecular complexity index is 241. The van der Waals surface area contributed by atoms with E-state index >= 15 is 0 Å². The van der Waals surface area contributed by atoms with Gasteiger partial charge >= 0.3 is 0 Å². The molecule has 0 amide bonds. The molecule has 1 aliphatic carbocycles. The van der Waals surface area contributed by atoms with Crippen molar-refractivity contribution < 1.29 is 0 Å². The van der Waals surface area contributed by atoms with Crippen molar-refractivity contribution in [3.8, 4) is 17.9 Å². The van der Waals surface area contributed by atoms with E-state index in [0.29, 0.717) is 6.04 Å². The summed E-state index contributed by atoms with van der Waals surface area (Å²) in [5, 5.41) is 12.2. The third kappa shape index (κ3) is 3.09. The number of hydrogen-bond acceptors (Lipinski definition) is 2. The number of nitriles is 1. The van der Waals surface area contributed by atoms with E-state index in [1.165, 1.54) is 12.8 Å². The molecule has 0 aromatic rings. The van der Waals surface area contributed by atoms with Gasteiger partial charge in [0.2, 0.25) is 0 Å². The van der Waals surface area contributed by atoms with Gasteiger partial charge in [-0.1, -0.05) is 18.8 Å². The molecule has 0 bridgehead atoms. The predicted molar refractivity (Wildman–Crippen MR) is 52.8 cm³/mol. The number of rotatable bonds is 2. The van der Waals surface area contributed by atoms with Gasteiger partial charge in [-0.25, -0.2) is 0 Å². The van der Waals surface area contributed by atoms with Crippen LogP contribution in [0.2, 0.25) is 0 Å². The van der Waals surface area contributed by atoms with Gasteiger partial charge in [-0.15, -0.1) is 5.92 Å². The van der Waals surface area contributed by atoms with Crippen LogP contribution in [0.4, 0.5) is 0 Å². The van der Waals surface area contributed by atoms with E-state index in [4.69, 9.17) is 5.26 Å². The van der Waals surface area contributed by atoms with Crippen LogP contribution in [0, 0.1) is 29.1 Å². The van der Waals surface area contributed by atoms with E-state index in [0.717, 1.165) is 19.4 Å². The Balaban J connectivity index is 2.35. The van der Waals surface area contributed by atoms with Crippen molar-refractivity contribution in [3.63, 3.8) is 0 Å². The van der Waals surface area contributed by atoms with Gasteiger partial charge in [0, 0.05) is 6.04 Å². The van der Waals surface area contributed by atoms with Crippen molar-refractivity contribution in [2.75, 3.05) is 6.54 Å². The molecular weight excluding hydrogens is 160 g/mol. The average Bonchev–Trinajstić information content (AvgIpc) is 2.19. The number of nitrogens with zero attached hydrogens (tertiary/aromatic N) is 1. The zero-order valence-electron chi connectivity index (χ0n) is 8.14. The molecule has 0 saturated heterocycles. The Morgan fingerprint density at radius 2 is 2.15 bits per heavy atom. The van der Waals surface area contributed by atoms with Gasteiger partial charge in [0.15, 0.2) is 0 Å². The summed E-state index contributed by atoms with van der Waals surface area (Å²) < 4.78 is 0. The van der Waals surface area contributed by atoms with Gasteiger partial charge in [0.25, 0.3) is 0 Å². The molecule has 1 N–H and O–H groups in total. The molecule has 2 atom stereocenters. The van der Waals surface area contributed by atoms with Crippen LogP contribution >= 0.6 is 0 Å². The Hall–Kier alpha value is -0.990. The van der Waals surface area contributed by atoms with Crippen LogP contribution in [-0.2, 0) is 0 Å². The summed E-state index contributed by atoms with van der Waals surface area (Å²) in [5.41, 5.74) is 0. The third-order valence-electron chi connectivity index (χ3n) is 2.56. The normalized spacial score (nSPS) is 27.1. The van der Waals surface area contributed by atoms with Crippen LogP contribution in [0.25, 0.3) is 0 Å². The molecule has 0 aliphatic heterocycles. The zero-order chi connectivity index (χ0) is 9.52. The second-order valence-electron chi connectivity index (χ2n) is 3.43. The predicted octanol–water partition coefficient (Wildman–Crippen LogP) is 1.68. The van der Waals surface area contributed by atoms with Gasteiger partial charge < -0.3 is 5.32 Å². The SMILES string of the molecule is CC#CCNC1CCCCC1C#N. The van der Waals surface area contributed by atoms with Gasteiger partial charge in [-0.2, -0.15) is 5.26 Å². The highest BCUT2D eigenvalue weighted by Gasteiger charge is 2.23. The smallest absolute Gasteiger partial charge is 0.0672 e. The second-order valence-corrected chi connectivity index (χ2v) is 3.43. The molecule has 1 aliphatic rings. The minimum Gasteiger partial charge on any atom is -0.302 e. The largest absolute Gasteiger partial charge is 0.302 e. The van der Waals surface area contributed by atoms with Crippen LogP contribution in [-0.4, -0.2) is 12.6 Å². The lowest BCUT2D eigenvalue weighted by atomic mass is 9.85. The van der Waals surface area contributed by atoms with Crippen molar-refractivity contribution in [3.05, 3.63) is 0 Å². The fourth-order valence-corrected chi connectivity index (χ4v) is 1.80. The Labute approximate surface area is 80.3 Å². The van der Waals surface area contributed by atoms with Crippen molar-refractivity contribution >= 4 is 0 Å². The van der Waals surface area contributed by atoms with Crippen molar-refractivity contribution in [2.45, 2.75) is 38.6 Å². The molecular formula is C11H16N2. The summed E-state index contributed by atoms with van der Waals surface area (Å²) in [6.45, 7) is 2.56. The third-order valence-corrected chi connectivity index (χ3v) is 2.56. The molecule has 0 radical (unpaired) electrons. The minimum absolute atomic E-state index is 0.201. The Morgan fingerprint density at radius 1 is 1.38 bits per heavy atom. The van der Waals surface area contributed by atoms with Crippen molar-refractivity contribution in [1.29, 1.82) is 5.26 Å². The number of hydrogen-bond donors (Lipinski definition) is 1. The molecule has 0 aromatic heterocycles. The highest BCUT2D eigenvalue weighted by molar-refractivity contribution is 5.00. The summed E-state index contributed by atoms with van der Waals surface area (Å²) in [6.07, 6.45) is 4.63. The van der Waals surface area contributed by atoms with Gasteiger partial charge in [0.1, 0.15) is 0 Å². The van der Waals surface area contributed by atoms with E-state index in [2.05, 4.69) is 23.2 Å². The molecule has 0 spiro atoms. The maximum Gasteiger partial charge on any atom is 0.0672 e. The lowest BCUT2D eigenvalue weighted by molar-refractivity contribution is 0.322. The van der Waals surface area contributed by atoms with Crippen LogP contribution in [0.15, 0.2) is 0 Å². The standard InChI is InChI=1S/C11H16N2/c1-2-3-8-13-11-7-5-4-6-10(11)9-12/h10-11,13H,4-8H2,1H3. The van der Waals surface area contributed by atoms with E-state index < -0.39 is 0 Å². The lowest BCUT2D eigenvalue weighted by Crippen LogP contribution is -2.38. The highest BCUT2D eigenvalue weighted by atomic mass is 14.9. The highest BCUT2D eigenvalue weighted by Crippen LogP contribution is 2.23. The zero-order valence-corrected chi connectivity index (χ0v) is 8.14. The molecule has 2 unspecified atom stereocenters. The lowest BCUT2D eigenvalue weighted by Gasteiger charge is -2.26. The summed E-state index contributed by atoms with van der Waals surface area (Å²) in [7, 11) is 0. The summed E-state index contributed by atoms with van der Waals surface area (Å²) >= 11 is 0. The van der Waals surface area contributed by atoms with Crippen LogP contribution in [0.3, 0.4) is 0 Å². The first-order chi connectivity index (χ1) is 6.38. The molecule has 0 heterocycles. The molecule has 1 rings (SSSR count). The minimum atomic E-state index is 0.201. The fraction of sp³-hybridized carbons (Fsp3) is 0.727. The first kappa shape index (κ1) is 10.1. The van der Waals surface area contributed by atoms with Gasteiger partial charge in [-0.05, 0) is 19.8 Å². The van der Waals surface area contributed by atoms with E-state index in [1.54, 1.807) is 0 Å².